The Kier molecular flexibility index (Phi) is 19.3. The smallest absolute Gasteiger partial charge is 0.257 e. The number of anilines is 3. The summed E-state index contributed by atoms with van der Waals surface area (Å²) in [6, 6.07) is 12.4. The van der Waals surface area contributed by atoms with Crippen LogP contribution in [-0.4, -0.2) is 60.4 Å². The van der Waals surface area contributed by atoms with Gasteiger partial charge < -0.3 is 26.5 Å². The Morgan fingerprint density at radius 3 is 2.32 bits per heavy atom. The van der Waals surface area contributed by atoms with Gasteiger partial charge in [0.05, 0.1) is 22.6 Å². The van der Waals surface area contributed by atoms with Crippen LogP contribution in [0.2, 0.25) is 5.02 Å². The number of nitrogens with one attached hydrogen (secondary N) is 2. The van der Waals surface area contributed by atoms with Crippen LogP contribution < -0.4 is 15.5 Å². The lowest BCUT2D eigenvalue weighted by atomic mass is 10.1. The molecule has 0 aromatic heterocycles. The molecule has 1 aliphatic heterocycles. The first-order chi connectivity index (χ1) is 16.0. The van der Waals surface area contributed by atoms with Gasteiger partial charge >= 0.3 is 0 Å². The minimum Gasteiger partial charge on any atom is -0.412 e. The number of unbranched alkanes of at least 4 members (excludes halogenated alkanes) is 2. The highest BCUT2D eigenvalue weighted by atomic mass is 35.5. The van der Waals surface area contributed by atoms with E-state index < -0.39 is 0 Å². The maximum atomic E-state index is 13.3. The molecule has 0 atom stereocenters. The molecule has 0 aliphatic carbocycles. The Labute approximate surface area is 237 Å². The van der Waals surface area contributed by atoms with E-state index in [-0.39, 0.29) is 47.6 Å². The molecule has 11 heteroatoms. The van der Waals surface area contributed by atoms with Crippen LogP contribution in [0.3, 0.4) is 0 Å². The van der Waals surface area contributed by atoms with E-state index in [9.17, 15) is 9.59 Å². The normalized spacial score (nSPS) is 11.5. The molecule has 210 valence electrons. The Morgan fingerprint density at radius 1 is 0.946 bits per heavy atom. The van der Waals surface area contributed by atoms with Gasteiger partial charge in [-0.25, -0.2) is 0 Å². The Balaban J connectivity index is 0. The molecule has 0 saturated carbocycles. The summed E-state index contributed by atoms with van der Waals surface area (Å²) >= 11 is 6.15. The van der Waals surface area contributed by atoms with E-state index >= 15 is 0 Å². The molecule has 0 radical (unpaired) electrons. The fourth-order valence-corrected chi connectivity index (χ4v) is 4.33. The quantitative estimate of drug-likeness (QED) is 0.355. The second kappa shape index (κ2) is 19.2. The summed E-state index contributed by atoms with van der Waals surface area (Å²) in [6.07, 6.45) is 4.41. The zero-order valence-corrected chi connectivity index (χ0v) is 23.9. The fourth-order valence-electron chi connectivity index (χ4n) is 4.16. The molecule has 1 aliphatic rings. The number of halogens is 3. The van der Waals surface area contributed by atoms with Gasteiger partial charge in [-0.3, -0.25) is 14.5 Å². The Morgan fingerprint density at radius 2 is 1.62 bits per heavy atom. The lowest BCUT2D eigenvalue weighted by Gasteiger charge is -2.24. The van der Waals surface area contributed by atoms with Crippen LogP contribution >= 0.6 is 36.4 Å². The molecule has 0 spiro atoms. The standard InChI is InChI=1S/C26H35ClN4O2.2ClH.2H2O/c1-3-30(4-2)18-10-17-28-16-9-5-6-13-25(32)31-23-12-8-7-11-21(23)26(33)29-22-19-20(27)14-15-24(22)31;;;;/h7-8,11-12,14-15,19,28H,3-6,9-10,13,16-18H2,1-2H3,(H,29,33);2*1H;2*1H2. The molecular formula is C26H41Cl3N4O4. The summed E-state index contributed by atoms with van der Waals surface area (Å²) in [5.74, 6) is -0.258. The van der Waals surface area contributed by atoms with Crippen molar-refractivity contribution in [2.24, 2.45) is 0 Å². The van der Waals surface area contributed by atoms with Crippen LogP contribution in [0.15, 0.2) is 42.5 Å². The highest BCUT2D eigenvalue weighted by molar-refractivity contribution is 6.31. The van der Waals surface area contributed by atoms with Gasteiger partial charge in [0.2, 0.25) is 5.91 Å². The number of hydrogen-bond acceptors (Lipinski definition) is 4. The van der Waals surface area contributed by atoms with Crippen molar-refractivity contribution in [2.75, 3.05) is 42.9 Å². The van der Waals surface area contributed by atoms with Crippen molar-refractivity contribution in [3.63, 3.8) is 0 Å². The van der Waals surface area contributed by atoms with Crippen LogP contribution in [0.5, 0.6) is 0 Å². The topological polar surface area (TPSA) is 128 Å². The predicted molar refractivity (Wildman–Crippen MR) is 158 cm³/mol. The second-order valence-electron chi connectivity index (χ2n) is 8.30. The maximum absolute atomic E-state index is 13.3. The molecule has 0 fully saturated rings. The molecule has 2 aromatic carbocycles. The van der Waals surface area contributed by atoms with E-state index in [2.05, 4.69) is 29.4 Å². The SMILES string of the molecule is CCN(CC)CCCNCCCCCC(=O)N1c2ccc(Cl)cc2NC(=O)c2ccccc21.Cl.Cl.O.O. The number of rotatable bonds is 12. The summed E-state index contributed by atoms with van der Waals surface area (Å²) in [6.45, 7) is 9.74. The van der Waals surface area contributed by atoms with Crippen molar-refractivity contribution >= 4 is 65.3 Å². The number of nitrogens with zero attached hydrogens (tertiary/aromatic N) is 2. The molecule has 2 aromatic rings. The first kappa shape index (κ1) is 37.2. The molecule has 3 rings (SSSR count). The van der Waals surface area contributed by atoms with E-state index in [0.717, 1.165) is 58.4 Å². The van der Waals surface area contributed by atoms with Gasteiger partial charge in [-0.1, -0.05) is 44.0 Å². The van der Waals surface area contributed by atoms with Crippen molar-refractivity contribution in [2.45, 2.75) is 46.0 Å². The summed E-state index contributed by atoms with van der Waals surface area (Å²) in [5, 5.41) is 6.91. The first-order valence-corrected chi connectivity index (χ1v) is 12.4. The summed E-state index contributed by atoms with van der Waals surface area (Å²) in [5.41, 5.74) is 2.28. The summed E-state index contributed by atoms with van der Waals surface area (Å²) < 4.78 is 0. The zero-order chi connectivity index (χ0) is 23.6. The van der Waals surface area contributed by atoms with Crippen LogP contribution in [0.25, 0.3) is 0 Å². The Bertz CT molecular complexity index is 961. The molecule has 6 N–H and O–H groups in total. The minimum atomic E-state index is -0.239. The van der Waals surface area contributed by atoms with Crippen LogP contribution in [-0.2, 0) is 4.79 Å². The van der Waals surface area contributed by atoms with E-state index in [0.29, 0.717) is 34.1 Å². The van der Waals surface area contributed by atoms with Gasteiger partial charge in [-0.2, -0.15) is 0 Å². The average Bonchev–Trinajstić information content (AvgIpc) is 2.94. The van der Waals surface area contributed by atoms with Crippen molar-refractivity contribution in [1.82, 2.24) is 10.2 Å². The van der Waals surface area contributed by atoms with Crippen LogP contribution in [0.1, 0.15) is 56.3 Å². The number of benzene rings is 2. The van der Waals surface area contributed by atoms with Gasteiger partial charge in [0.15, 0.2) is 0 Å². The van der Waals surface area contributed by atoms with Gasteiger partial charge in [0, 0.05) is 11.4 Å². The molecular weight excluding hydrogens is 539 g/mol. The number of carbonyl (C=O) groups excluding carboxylic acids is 2. The highest BCUT2D eigenvalue weighted by Crippen LogP contribution is 2.39. The predicted octanol–water partition coefficient (Wildman–Crippen LogP) is 4.65. The van der Waals surface area contributed by atoms with Crippen LogP contribution in [0, 0.1) is 0 Å². The van der Waals surface area contributed by atoms with Crippen LogP contribution in [0.4, 0.5) is 17.1 Å². The third-order valence-corrected chi connectivity index (χ3v) is 6.29. The lowest BCUT2D eigenvalue weighted by Crippen LogP contribution is -2.27. The Hall–Kier alpha value is -1.91. The van der Waals surface area contributed by atoms with Crippen molar-refractivity contribution < 1.29 is 20.5 Å². The average molecular weight is 580 g/mol. The van der Waals surface area contributed by atoms with Crippen molar-refractivity contribution in [3.05, 3.63) is 53.1 Å². The number of hydrogen-bond donors (Lipinski definition) is 2. The number of amides is 2. The van der Waals surface area contributed by atoms with E-state index in [1.807, 2.05) is 12.1 Å². The van der Waals surface area contributed by atoms with Gasteiger partial charge in [0.25, 0.3) is 5.91 Å². The fraction of sp³-hybridized carbons (Fsp3) is 0.462. The molecule has 0 bridgehead atoms. The molecule has 0 saturated heterocycles. The third kappa shape index (κ3) is 10.4. The van der Waals surface area contributed by atoms with Crippen molar-refractivity contribution in [3.8, 4) is 0 Å². The second-order valence-corrected chi connectivity index (χ2v) is 8.74. The monoisotopic (exact) mass is 578 g/mol. The minimum absolute atomic E-state index is 0. The molecule has 0 unspecified atom stereocenters. The van der Waals surface area contributed by atoms with E-state index in [1.165, 1.54) is 0 Å². The third-order valence-electron chi connectivity index (χ3n) is 6.05. The van der Waals surface area contributed by atoms with Gasteiger partial charge in [-0.05, 0) is 82.3 Å². The first-order valence-electron chi connectivity index (χ1n) is 12.0. The van der Waals surface area contributed by atoms with Gasteiger partial charge in [-0.15, -0.1) is 24.8 Å². The zero-order valence-electron chi connectivity index (χ0n) is 21.5. The molecule has 2 amide bonds. The van der Waals surface area contributed by atoms with Crippen molar-refractivity contribution in [1.29, 1.82) is 0 Å². The molecule has 37 heavy (non-hydrogen) atoms. The van der Waals surface area contributed by atoms with Gasteiger partial charge in [0.1, 0.15) is 0 Å². The highest BCUT2D eigenvalue weighted by Gasteiger charge is 2.28. The lowest BCUT2D eigenvalue weighted by molar-refractivity contribution is -0.118. The molecule has 1 heterocycles. The number of fused-ring (bicyclic) bond motifs is 2. The maximum Gasteiger partial charge on any atom is 0.257 e. The summed E-state index contributed by atoms with van der Waals surface area (Å²) in [7, 11) is 0. The van der Waals surface area contributed by atoms with E-state index in [4.69, 9.17) is 11.6 Å². The summed E-state index contributed by atoms with van der Waals surface area (Å²) in [4.78, 5) is 30.1. The van der Waals surface area contributed by atoms with E-state index in [1.54, 1.807) is 35.2 Å². The number of para-hydroxylation sites is 1. The number of carbonyl (C=O) groups is 2. The molecule has 8 nitrogen and oxygen atoms in total. The largest absolute Gasteiger partial charge is 0.412 e.